The van der Waals surface area contributed by atoms with Crippen LogP contribution >= 0.6 is 0 Å². The molecule has 1 unspecified atom stereocenters. The second-order valence-electron chi connectivity index (χ2n) is 9.37. The van der Waals surface area contributed by atoms with Gasteiger partial charge in [0.25, 0.3) is 5.89 Å². The smallest absolute Gasteiger partial charge is 0.422 e. The van der Waals surface area contributed by atoms with Gasteiger partial charge in [-0.1, -0.05) is 31.1 Å². The SMILES string of the molecule is CC(C)CC1CN(C(=O)O)CCc2cc(-c3noc(-c4ccc(OCC(F)(F)F)c(C#N)c4)n3)ccc21. The molecule has 0 saturated heterocycles. The van der Waals surface area contributed by atoms with Crippen LogP contribution < -0.4 is 4.74 Å². The molecule has 37 heavy (non-hydrogen) atoms. The molecule has 2 heterocycles. The van der Waals surface area contributed by atoms with Crippen molar-refractivity contribution >= 4 is 6.09 Å². The molecule has 4 rings (SSSR count). The lowest BCUT2D eigenvalue weighted by Crippen LogP contribution is -2.33. The summed E-state index contributed by atoms with van der Waals surface area (Å²) >= 11 is 0. The van der Waals surface area contributed by atoms with Crippen LogP contribution in [0.2, 0.25) is 0 Å². The number of ether oxygens (including phenoxy) is 1. The van der Waals surface area contributed by atoms with Gasteiger partial charge in [0.05, 0.1) is 5.56 Å². The van der Waals surface area contributed by atoms with Crippen LogP contribution in [-0.2, 0) is 6.42 Å². The van der Waals surface area contributed by atoms with E-state index in [0.29, 0.717) is 42.4 Å². The Morgan fingerprint density at radius 2 is 2.03 bits per heavy atom. The number of halogens is 3. The number of hydrogen-bond acceptors (Lipinski definition) is 6. The van der Waals surface area contributed by atoms with Gasteiger partial charge in [-0.2, -0.15) is 23.4 Å². The third-order valence-electron chi connectivity index (χ3n) is 6.12. The van der Waals surface area contributed by atoms with Crippen molar-refractivity contribution in [1.82, 2.24) is 15.0 Å². The molecule has 1 aliphatic heterocycles. The van der Waals surface area contributed by atoms with E-state index < -0.39 is 18.9 Å². The zero-order valence-corrected chi connectivity index (χ0v) is 20.2. The fraction of sp³-hybridized carbons (Fsp3) is 0.385. The molecule has 0 aliphatic carbocycles. The molecule has 1 aromatic heterocycles. The number of nitriles is 1. The lowest BCUT2D eigenvalue weighted by atomic mass is 9.86. The van der Waals surface area contributed by atoms with Gasteiger partial charge in [0, 0.05) is 30.1 Å². The molecule has 8 nitrogen and oxygen atoms in total. The minimum atomic E-state index is -4.53. The zero-order valence-electron chi connectivity index (χ0n) is 20.2. The van der Waals surface area contributed by atoms with Crippen LogP contribution in [0, 0.1) is 17.2 Å². The number of hydrogen-bond donors (Lipinski definition) is 1. The Morgan fingerprint density at radius 3 is 2.70 bits per heavy atom. The number of amides is 1. The molecule has 2 aromatic carbocycles. The summed E-state index contributed by atoms with van der Waals surface area (Å²) in [6, 6.07) is 11.6. The minimum Gasteiger partial charge on any atom is -0.483 e. The number of nitrogens with zero attached hydrogens (tertiary/aromatic N) is 4. The lowest BCUT2D eigenvalue weighted by Gasteiger charge is -2.24. The summed E-state index contributed by atoms with van der Waals surface area (Å²) in [5.74, 6) is 0.674. The fourth-order valence-corrected chi connectivity index (χ4v) is 4.51. The molecule has 1 aliphatic rings. The molecule has 1 atom stereocenters. The Hall–Kier alpha value is -4.07. The van der Waals surface area contributed by atoms with Crippen molar-refractivity contribution in [3.05, 3.63) is 53.1 Å². The summed E-state index contributed by atoms with van der Waals surface area (Å²) < 4.78 is 47.5. The second-order valence-corrected chi connectivity index (χ2v) is 9.37. The largest absolute Gasteiger partial charge is 0.483 e. The van der Waals surface area contributed by atoms with Gasteiger partial charge in [0.2, 0.25) is 5.82 Å². The monoisotopic (exact) mass is 514 g/mol. The van der Waals surface area contributed by atoms with Crippen LogP contribution in [0.25, 0.3) is 22.8 Å². The quantitative estimate of drug-likeness (QED) is 0.437. The average molecular weight is 515 g/mol. The number of carboxylic acid groups (broad SMARTS) is 1. The van der Waals surface area contributed by atoms with Gasteiger partial charge in [-0.25, -0.2) is 4.79 Å². The second kappa shape index (κ2) is 10.5. The zero-order chi connectivity index (χ0) is 26.7. The third kappa shape index (κ3) is 6.20. The lowest BCUT2D eigenvalue weighted by molar-refractivity contribution is -0.153. The van der Waals surface area contributed by atoms with Crippen molar-refractivity contribution in [3.63, 3.8) is 0 Å². The molecule has 194 valence electrons. The molecule has 0 fully saturated rings. The molecule has 3 aromatic rings. The highest BCUT2D eigenvalue weighted by molar-refractivity contribution is 5.66. The Bertz CT molecular complexity index is 1330. The maximum atomic E-state index is 12.5. The predicted molar refractivity (Wildman–Crippen MR) is 127 cm³/mol. The standard InChI is InChI=1S/C26H25F3N4O4/c1-15(2)9-20-13-33(25(34)35)8-7-16-10-17(3-5-21(16)20)23-31-24(37-32-23)18-4-6-22(19(11-18)12-30)36-14-26(27,28)29/h3-6,10-11,15,20H,7-9,13-14H2,1-2H3,(H,34,35). The molecular weight excluding hydrogens is 489 g/mol. The maximum Gasteiger partial charge on any atom is 0.422 e. The third-order valence-corrected chi connectivity index (χ3v) is 6.12. The molecule has 1 amide bonds. The molecule has 0 spiro atoms. The molecule has 0 radical (unpaired) electrons. The van der Waals surface area contributed by atoms with E-state index in [1.165, 1.54) is 23.1 Å². The fourth-order valence-electron chi connectivity index (χ4n) is 4.51. The van der Waals surface area contributed by atoms with E-state index in [9.17, 15) is 28.3 Å². The highest BCUT2D eigenvalue weighted by Crippen LogP contribution is 2.34. The van der Waals surface area contributed by atoms with Crippen molar-refractivity contribution in [2.24, 2.45) is 5.92 Å². The Kier molecular flexibility index (Phi) is 7.38. The van der Waals surface area contributed by atoms with E-state index in [2.05, 4.69) is 24.0 Å². The summed E-state index contributed by atoms with van der Waals surface area (Å²) in [7, 11) is 0. The van der Waals surface area contributed by atoms with Crippen LogP contribution in [0.5, 0.6) is 5.75 Å². The van der Waals surface area contributed by atoms with Gasteiger partial charge in [0.15, 0.2) is 6.61 Å². The topological polar surface area (TPSA) is 112 Å². The number of carbonyl (C=O) groups is 1. The molecule has 0 saturated carbocycles. The van der Waals surface area contributed by atoms with E-state index >= 15 is 0 Å². The Morgan fingerprint density at radius 1 is 1.27 bits per heavy atom. The normalized spacial score (nSPS) is 15.7. The van der Waals surface area contributed by atoms with Gasteiger partial charge < -0.3 is 19.3 Å². The van der Waals surface area contributed by atoms with E-state index in [1.807, 2.05) is 24.3 Å². The highest BCUT2D eigenvalue weighted by Gasteiger charge is 2.29. The minimum absolute atomic E-state index is 0.0750. The van der Waals surface area contributed by atoms with Crippen molar-refractivity contribution < 1.29 is 32.3 Å². The van der Waals surface area contributed by atoms with E-state index in [4.69, 9.17) is 9.26 Å². The first kappa shape index (κ1) is 26.0. The van der Waals surface area contributed by atoms with Crippen LogP contribution in [0.15, 0.2) is 40.9 Å². The van der Waals surface area contributed by atoms with Crippen LogP contribution in [0.1, 0.15) is 42.9 Å². The molecular formula is C26H25F3N4O4. The summed E-state index contributed by atoms with van der Waals surface area (Å²) in [5, 5.41) is 23.0. The van der Waals surface area contributed by atoms with Gasteiger partial charge in [-0.05, 0) is 54.2 Å². The number of fused-ring (bicyclic) bond motifs is 1. The Balaban J connectivity index is 1.60. The number of benzene rings is 2. The molecule has 11 heteroatoms. The van der Waals surface area contributed by atoms with Crippen molar-refractivity contribution in [1.29, 1.82) is 5.26 Å². The molecule has 0 bridgehead atoms. The van der Waals surface area contributed by atoms with Crippen molar-refractivity contribution in [3.8, 4) is 34.7 Å². The van der Waals surface area contributed by atoms with E-state index in [0.717, 1.165) is 17.5 Å². The first-order chi connectivity index (χ1) is 17.5. The van der Waals surface area contributed by atoms with Gasteiger partial charge >= 0.3 is 12.3 Å². The predicted octanol–water partition coefficient (Wildman–Crippen LogP) is 5.88. The first-order valence-corrected chi connectivity index (χ1v) is 11.7. The highest BCUT2D eigenvalue weighted by atomic mass is 19.4. The van der Waals surface area contributed by atoms with Gasteiger partial charge in [-0.3, -0.25) is 0 Å². The summed E-state index contributed by atoms with van der Waals surface area (Å²) in [4.78, 5) is 17.5. The van der Waals surface area contributed by atoms with Gasteiger partial charge in [-0.15, -0.1) is 0 Å². The molecule has 1 N–H and O–H groups in total. The first-order valence-electron chi connectivity index (χ1n) is 11.7. The van der Waals surface area contributed by atoms with Crippen LogP contribution in [0.4, 0.5) is 18.0 Å². The number of aromatic nitrogens is 2. The van der Waals surface area contributed by atoms with E-state index in [1.54, 1.807) is 0 Å². The van der Waals surface area contributed by atoms with Crippen molar-refractivity contribution in [2.45, 2.75) is 38.8 Å². The average Bonchev–Trinajstić information content (AvgIpc) is 3.26. The van der Waals surface area contributed by atoms with Crippen LogP contribution in [0.3, 0.4) is 0 Å². The number of alkyl halides is 3. The summed E-state index contributed by atoms with van der Waals surface area (Å²) in [5.41, 5.74) is 3.09. The summed E-state index contributed by atoms with van der Waals surface area (Å²) in [6.07, 6.45) is -4.05. The summed E-state index contributed by atoms with van der Waals surface area (Å²) in [6.45, 7) is 3.54. The van der Waals surface area contributed by atoms with Crippen LogP contribution in [-0.4, -0.2) is 52.1 Å². The maximum absolute atomic E-state index is 12.5. The van der Waals surface area contributed by atoms with Crippen molar-refractivity contribution in [2.75, 3.05) is 19.7 Å². The Labute approximate surface area is 211 Å². The van der Waals surface area contributed by atoms with Gasteiger partial charge in [0.1, 0.15) is 11.8 Å². The van der Waals surface area contributed by atoms with E-state index in [-0.39, 0.29) is 23.1 Å². The number of rotatable bonds is 6.